The second-order valence-electron chi connectivity index (χ2n) is 9.30. The van der Waals surface area contributed by atoms with Crippen LogP contribution in [0.25, 0.3) is 10.9 Å². The van der Waals surface area contributed by atoms with E-state index in [2.05, 4.69) is 10.3 Å². The molecule has 3 rings (SSSR count). The zero-order valence-corrected chi connectivity index (χ0v) is 21.5. The average molecular weight is 520 g/mol. The molecule has 2 atom stereocenters. The number of pyridine rings is 1. The van der Waals surface area contributed by atoms with E-state index < -0.39 is 29.3 Å². The summed E-state index contributed by atoms with van der Waals surface area (Å²) in [6.45, 7) is 1.01. The van der Waals surface area contributed by atoms with Gasteiger partial charge in [-0.05, 0) is 37.0 Å². The normalized spacial score (nSPS) is 13.4. The minimum absolute atomic E-state index is 0.0203. The van der Waals surface area contributed by atoms with Crippen LogP contribution in [0.4, 0.5) is 0 Å². The van der Waals surface area contributed by atoms with Gasteiger partial charge in [-0.15, -0.1) is 0 Å². The van der Waals surface area contributed by atoms with Gasteiger partial charge in [0.2, 0.25) is 17.7 Å². The Kier molecular flexibility index (Phi) is 10.3. The molecule has 3 aromatic rings. The summed E-state index contributed by atoms with van der Waals surface area (Å²) in [5.74, 6) is -1.45. The van der Waals surface area contributed by atoms with Gasteiger partial charge >= 0.3 is 0 Å². The SMILES string of the molecule is NCCN(CCN)C(=O)[C@](N)(CCC(=O)N[C@@H](CCc1ccccc1)C(N)=O)c1cnc2ccccc2c1. The summed E-state index contributed by atoms with van der Waals surface area (Å²) in [7, 11) is 0. The third kappa shape index (κ3) is 7.34. The smallest absolute Gasteiger partial charge is 0.247 e. The van der Waals surface area contributed by atoms with E-state index in [1.165, 1.54) is 4.90 Å². The average Bonchev–Trinajstić information content (AvgIpc) is 2.93. The molecule has 0 unspecified atom stereocenters. The van der Waals surface area contributed by atoms with E-state index in [9.17, 15) is 14.4 Å². The summed E-state index contributed by atoms with van der Waals surface area (Å²) >= 11 is 0. The number of carbonyl (C=O) groups excluding carboxylic acids is 3. The number of nitrogens with two attached hydrogens (primary N) is 4. The van der Waals surface area contributed by atoms with E-state index in [1.807, 2.05) is 60.7 Å². The van der Waals surface area contributed by atoms with Crippen molar-refractivity contribution in [3.05, 3.63) is 78.0 Å². The minimum Gasteiger partial charge on any atom is -0.368 e. The molecular formula is C28H37N7O3. The van der Waals surface area contributed by atoms with E-state index >= 15 is 0 Å². The highest BCUT2D eigenvalue weighted by Crippen LogP contribution is 2.28. The van der Waals surface area contributed by atoms with E-state index in [-0.39, 0.29) is 39.0 Å². The van der Waals surface area contributed by atoms with Crippen LogP contribution in [-0.4, -0.2) is 59.8 Å². The first-order valence-electron chi connectivity index (χ1n) is 12.7. The molecule has 0 saturated carbocycles. The highest BCUT2D eigenvalue weighted by Gasteiger charge is 2.40. The van der Waals surface area contributed by atoms with E-state index in [0.717, 1.165) is 16.5 Å². The van der Waals surface area contributed by atoms with Crippen molar-refractivity contribution in [2.24, 2.45) is 22.9 Å². The molecule has 0 fully saturated rings. The number of hydrogen-bond acceptors (Lipinski definition) is 7. The number of aromatic nitrogens is 1. The van der Waals surface area contributed by atoms with Gasteiger partial charge in [0.25, 0.3) is 0 Å². The molecule has 0 aliphatic carbocycles. The molecular weight excluding hydrogens is 482 g/mol. The first-order valence-corrected chi connectivity index (χ1v) is 12.7. The third-order valence-corrected chi connectivity index (χ3v) is 6.56. The molecule has 3 amide bonds. The first kappa shape index (κ1) is 28.7. The number of nitrogens with one attached hydrogen (secondary N) is 1. The summed E-state index contributed by atoms with van der Waals surface area (Å²) in [4.78, 5) is 44.7. The van der Waals surface area contributed by atoms with Gasteiger partial charge in [-0.2, -0.15) is 0 Å². The number of amides is 3. The first-order chi connectivity index (χ1) is 18.3. The molecule has 10 heteroatoms. The zero-order chi connectivity index (χ0) is 27.5. The van der Waals surface area contributed by atoms with Crippen LogP contribution in [0.15, 0.2) is 66.9 Å². The lowest BCUT2D eigenvalue weighted by atomic mass is 9.84. The van der Waals surface area contributed by atoms with Crippen molar-refractivity contribution in [3.63, 3.8) is 0 Å². The van der Waals surface area contributed by atoms with Gasteiger partial charge < -0.3 is 33.2 Å². The summed E-state index contributed by atoms with van der Waals surface area (Å²) in [5, 5.41) is 3.53. The van der Waals surface area contributed by atoms with Crippen molar-refractivity contribution in [2.75, 3.05) is 26.2 Å². The van der Waals surface area contributed by atoms with Gasteiger partial charge in [0.1, 0.15) is 11.6 Å². The van der Waals surface area contributed by atoms with Crippen LogP contribution in [-0.2, 0) is 26.3 Å². The van der Waals surface area contributed by atoms with Crippen LogP contribution >= 0.6 is 0 Å². The fraction of sp³-hybridized carbons (Fsp3) is 0.357. The summed E-state index contributed by atoms with van der Waals surface area (Å²) in [6.07, 6.45) is 2.36. The summed E-state index contributed by atoms with van der Waals surface area (Å²) in [6, 6.07) is 18.1. The van der Waals surface area contributed by atoms with Crippen LogP contribution in [0.2, 0.25) is 0 Å². The molecule has 1 heterocycles. The zero-order valence-electron chi connectivity index (χ0n) is 21.5. The van der Waals surface area contributed by atoms with Crippen molar-refractivity contribution >= 4 is 28.6 Å². The van der Waals surface area contributed by atoms with Crippen molar-refractivity contribution in [2.45, 2.75) is 37.3 Å². The topological polar surface area (TPSA) is 183 Å². The summed E-state index contributed by atoms with van der Waals surface area (Å²) in [5.41, 5.74) is 24.5. The van der Waals surface area contributed by atoms with E-state index in [1.54, 1.807) is 6.20 Å². The van der Waals surface area contributed by atoms with Gasteiger partial charge in [-0.1, -0.05) is 48.5 Å². The number of para-hydroxylation sites is 1. The predicted octanol–water partition coefficient (Wildman–Crippen LogP) is 0.518. The number of fused-ring (bicyclic) bond motifs is 1. The van der Waals surface area contributed by atoms with Crippen molar-refractivity contribution in [3.8, 4) is 0 Å². The third-order valence-electron chi connectivity index (χ3n) is 6.56. The molecule has 0 radical (unpaired) electrons. The molecule has 2 aromatic carbocycles. The van der Waals surface area contributed by atoms with Gasteiger partial charge in [-0.3, -0.25) is 19.4 Å². The largest absolute Gasteiger partial charge is 0.368 e. The van der Waals surface area contributed by atoms with Gasteiger partial charge in [0.15, 0.2) is 0 Å². The molecule has 0 bridgehead atoms. The van der Waals surface area contributed by atoms with Crippen LogP contribution in [0, 0.1) is 0 Å². The molecule has 0 spiro atoms. The van der Waals surface area contributed by atoms with E-state index in [4.69, 9.17) is 22.9 Å². The molecule has 10 nitrogen and oxygen atoms in total. The monoisotopic (exact) mass is 519 g/mol. The Hall–Kier alpha value is -3.86. The number of nitrogens with zero attached hydrogens (tertiary/aromatic N) is 2. The number of hydrogen-bond donors (Lipinski definition) is 5. The second kappa shape index (κ2) is 13.6. The Morgan fingerprint density at radius 2 is 1.63 bits per heavy atom. The van der Waals surface area contributed by atoms with Crippen molar-refractivity contribution in [1.29, 1.82) is 0 Å². The quantitative estimate of drug-likeness (QED) is 0.205. The lowest BCUT2D eigenvalue weighted by molar-refractivity contribution is -0.138. The lowest BCUT2D eigenvalue weighted by Gasteiger charge is -2.34. The van der Waals surface area contributed by atoms with Crippen LogP contribution in [0.1, 0.15) is 30.4 Å². The fourth-order valence-corrected chi connectivity index (χ4v) is 4.42. The lowest BCUT2D eigenvalue weighted by Crippen LogP contribution is -2.55. The molecule has 0 aliphatic rings. The molecule has 202 valence electrons. The molecule has 1 aromatic heterocycles. The number of rotatable bonds is 14. The van der Waals surface area contributed by atoms with Crippen LogP contribution in [0.5, 0.6) is 0 Å². The number of benzene rings is 2. The highest BCUT2D eigenvalue weighted by atomic mass is 16.2. The maximum absolute atomic E-state index is 13.7. The Labute approximate surface area is 222 Å². The Morgan fingerprint density at radius 3 is 2.29 bits per heavy atom. The maximum atomic E-state index is 13.7. The van der Waals surface area contributed by atoms with Crippen LogP contribution < -0.4 is 28.3 Å². The minimum atomic E-state index is -1.56. The molecule has 0 aliphatic heterocycles. The number of primary amides is 1. The van der Waals surface area contributed by atoms with E-state index in [0.29, 0.717) is 18.4 Å². The predicted molar refractivity (Wildman–Crippen MR) is 147 cm³/mol. The molecule has 9 N–H and O–H groups in total. The fourth-order valence-electron chi connectivity index (χ4n) is 4.42. The van der Waals surface area contributed by atoms with Gasteiger partial charge in [0.05, 0.1) is 5.52 Å². The van der Waals surface area contributed by atoms with Crippen LogP contribution in [0.3, 0.4) is 0 Å². The van der Waals surface area contributed by atoms with Crippen molar-refractivity contribution in [1.82, 2.24) is 15.2 Å². The Balaban J connectivity index is 1.80. The van der Waals surface area contributed by atoms with Crippen molar-refractivity contribution < 1.29 is 14.4 Å². The highest BCUT2D eigenvalue weighted by molar-refractivity contribution is 5.91. The number of aryl methyl sites for hydroxylation is 1. The molecule has 0 saturated heterocycles. The Morgan fingerprint density at radius 1 is 0.974 bits per heavy atom. The van der Waals surface area contributed by atoms with Gasteiger partial charge in [0, 0.05) is 49.7 Å². The molecule has 38 heavy (non-hydrogen) atoms. The van der Waals surface area contributed by atoms with Gasteiger partial charge in [-0.25, -0.2) is 0 Å². The summed E-state index contributed by atoms with van der Waals surface area (Å²) < 4.78 is 0. The Bertz CT molecular complexity index is 1230. The number of carbonyl (C=O) groups is 3. The maximum Gasteiger partial charge on any atom is 0.247 e. The standard InChI is InChI=1S/C28H37N7O3/c29-14-16-35(17-15-30)27(38)28(32,22-18-21-8-4-5-9-23(21)33-19-22)13-12-25(36)34-24(26(31)37)11-10-20-6-2-1-3-7-20/h1-9,18-19,24H,10-17,29-30,32H2,(H2,31,37)(H,34,36)/t24-,28-/m0/s1. The second-order valence-corrected chi connectivity index (χ2v) is 9.30.